The van der Waals surface area contributed by atoms with Gasteiger partial charge in [-0.1, -0.05) is 0 Å². The molecule has 0 aromatic carbocycles. The summed E-state index contributed by atoms with van der Waals surface area (Å²) in [6.07, 6.45) is 7.04. The van der Waals surface area contributed by atoms with Gasteiger partial charge in [0, 0.05) is 19.3 Å². The lowest BCUT2D eigenvalue weighted by atomic mass is 10.1. The highest BCUT2D eigenvalue weighted by atomic mass is 32.2. The van der Waals surface area contributed by atoms with Crippen LogP contribution in [0.4, 0.5) is 10.6 Å². The van der Waals surface area contributed by atoms with Crippen LogP contribution in [0.5, 0.6) is 0 Å². The van der Waals surface area contributed by atoms with Crippen molar-refractivity contribution in [2.75, 3.05) is 18.4 Å². The van der Waals surface area contributed by atoms with E-state index in [1.165, 1.54) is 11.1 Å². The third-order valence-corrected chi connectivity index (χ3v) is 8.10. The van der Waals surface area contributed by atoms with Crippen molar-refractivity contribution in [3.63, 3.8) is 0 Å². The molecule has 7 heteroatoms. The van der Waals surface area contributed by atoms with Crippen molar-refractivity contribution < 1.29 is 13.2 Å². The van der Waals surface area contributed by atoms with Crippen LogP contribution in [0.1, 0.15) is 36.8 Å². The number of hydrogen-bond donors (Lipinski definition) is 1. The van der Waals surface area contributed by atoms with Crippen molar-refractivity contribution in [1.82, 2.24) is 9.88 Å². The van der Waals surface area contributed by atoms with E-state index in [2.05, 4.69) is 10.3 Å². The third kappa shape index (κ3) is 2.60. The van der Waals surface area contributed by atoms with Gasteiger partial charge in [0.2, 0.25) is 0 Å². The Kier molecular flexibility index (Phi) is 3.55. The first-order valence-corrected chi connectivity index (χ1v) is 9.91. The highest BCUT2D eigenvalue weighted by Crippen LogP contribution is 2.33. The fraction of sp³-hybridized carbons (Fsp3) is 0.625. The van der Waals surface area contributed by atoms with Crippen LogP contribution in [-0.2, 0) is 22.7 Å². The van der Waals surface area contributed by atoms with Crippen LogP contribution in [0.2, 0.25) is 0 Å². The number of hydrogen-bond acceptors (Lipinski definition) is 4. The van der Waals surface area contributed by atoms with E-state index in [-0.39, 0.29) is 11.3 Å². The Hall–Kier alpha value is -1.63. The van der Waals surface area contributed by atoms with E-state index in [9.17, 15) is 13.2 Å². The molecule has 0 radical (unpaired) electrons. The molecule has 4 rings (SSSR count). The molecule has 2 fully saturated rings. The molecule has 0 saturated carbocycles. The fourth-order valence-electron chi connectivity index (χ4n) is 4.01. The van der Waals surface area contributed by atoms with Gasteiger partial charge < -0.3 is 4.90 Å². The normalized spacial score (nSPS) is 28.3. The van der Waals surface area contributed by atoms with Crippen molar-refractivity contribution in [3.05, 3.63) is 23.4 Å². The van der Waals surface area contributed by atoms with E-state index in [1.807, 2.05) is 12.3 Å². The van der Waals surface area contributed by atoms with E-state index in [1.54, 1.807) is 4.90 Å². The van der Waals surface area contributed by atoms with Crippen LogP contribution in [0.25, 0.3) is 0 Å². The summed E-state index contributed by atoms with van der Waals surface area (Å²) >= 11 is 0. The van der Waals surface area contributed by atoms with Gasteiger partial charge in [-0.3, -0.25) is 5.32 Å². The minimum Gasteiger partial charge on any atom is -0.323 e. The number of urea groups is 1. The molecule has 2 bridgehead atoms. The molecule has 1 aliphatic carbocycles. The van der Waals surface area contributed by atoms with Gasteiger partial charge in [-0.25, -0.2) is 18.2 Å². The average molecular weight is 335 g/mol. The van der Waals surface area contributed by atoms with Gasteiger partial charge in [0.1, 0.15) is 5.82 Å². The van der Waals surface area contributed by atoms with E-state index in [0.29, 0.717) is 31.7 Å². The number of aromatic nitrogens is 1. The van der Waals surface area contributed by atoms with Gasteiger partial charge >= 0.3 is 6.03 Å². The maximum atomic E-state index is 12.5. The highest BCUT2D eigenvalue weighted by molar-refractivity contribution is 7.93. The topological polar surface area (TPSA) is 79.4 Å². The summed E-state index contributed by atoms with van der Waals surface area (Å²) in [4.78, 5) is 18.4. The number of carbonyl (C=O) groups excluding carboxylic acids is 1. The summed E-state index contributed by atoms with van der Waals surface area (Å²) in [5.74, 6) is 0.563. The van der Waals surface area contributed by atoms with Gasteiger partial charge in [0.25, 0.3) is 0 Å². The largest absolute Gasteiger partial charge is 0.323 e. The summed E-state index contributed by atoms with van der Waals surface area (Å²) in [6, 6.07) is 1.71. The van der Waals surface area contributed by atoms with E-state index in [4.69, 9.17) is 0 Å². The fourth-order valence-corrected chi connectivity index (χ4v) is 6.30. The second-order valence-corrected chi connectivity index (χ2v) is 9.28. The van der Waals surface area contributed by atoms with E-state index >= 15 is 0 Å². The van der Waals surface area contributed by atoms with E-state index < -0.39 is 15.1 Å². The second-order valence-electron chi connectivity index (χ2n) is 6.77. The number of sulfone groups is 1. The minimum atomic E-state index is -3.05. The number of nitrogens with one attached hydrogen (secondary N) is 1. The second kappa shape index (κ2) is 5.47. The molecule has 1 N–H and O–H groups in total. The lowest BCUT2D eigenvalue weighted by Crippen LogP contribution is -2.40. The van der Waals surface area contributed by atoms with Gasteiger partial charge in [-0.2, -0.15) is 0 Å². The summed E-state index contributed by atoms with van der Waals surface area (Å²) in [5, 5.41) is 2.18. The molecule has 2 unspecified atom stereocenters. The Morgan fingerprint density at radius 2 is 1.96 bits per heavy atom. The zero-order valence-corrected chi connectivity index (χ0v) is 13.8. The summed E-state index contributed by atoms with van der Waals surface area (Å²) in [7, 11) is -3.05. The van der Waals surface area contributed by atoms with Crippen LogP contribution in [0, 0.1) is 0 Å². The highest BCUT2D eigenvalue weighted by Gasteiger charge is 2.44. The molecule has 23 heavy (non-hydrogen) atoms. The van der Waals surface area contributed by atoms with Crippen LogP contribution < -0.4 is 5.32 Å². The van der Waals surface area contributed by atoms with Gasteiger partial charge in [-0.05, 0) is 55.7 Å². The molecule has 2 saturated heterocycles. The van der Waals surface area contributed by atoms with Crippen molar-refractivity contribution in [2.45, 2.75) is 49.0 Å². The molecule has 2 atom stereocenters. The van der Waals surface area contributed by atoms with E-state index in [0.717, 1.165) is 25.7 Å². The summed E-state index contributed by atoms with van der Waals surface area (Å²) < 4.78 is 24.6. The molecule has 1 aromatic rings. The van der Waals surface area contributed by atoms with Gasteiger partial charge in [0.05, 0.1) is 10.5 Å². The molecule has 6 nitrogen and oxygen atoms in total. The Balaban J connectivity index is 1.47. The monoisotopic (exact) mass is 335 g/mol. The number of fused-ring (bicyclic) bond motifs is 3. The van der Waals surface area contributed by atoms with Crippen molar-refractivity contribution >= 4 is 21.7 Å². The predicted octanol–water partition coefficient (Wildman–Crippen LogP) is 1.75. The molecular formula is C16H21N3O3S. The van der Waals surface area contributed by atoms with Crippen LogP contribution in [-0.4, -0.2) is 47.9 Å². The molecule has 3 aliphatic rings. The predicted molar refractivity (Wildman–Crippen MR) is 87.2 cm³/mol. The number of carbonyl (C=O) groups is 1. The standard InChI is InChI=1S/C16H21N3O3S/c20-16(18-15-8-11-2-1-3-12(11)9-17-15)19-7-6-13-4-5-14(10-19)23(13,21)22/h8-9,13-14H,1-7,10H2,(H,17,18,20). The van der Waals surface area contributed by atoms with Gasteiger partial charge in [0.15, 0.2) is 9.84 Å². The average Bonchev–Trinajstić information content (AvgIpc) is 3.01. The SMILES string of the molecule is O=C(Nc1cc2c(cn1)CCC2)N1CCC2CCC(C1)S2(=O)=O. The quantitative estimate of drug-likeness (QED) is 0.848. The Labute approximate surface area is 136 Å². The molecular weight excluding hydrogens is 314 g/mol. The zero-order chi connectivity index (χ0) is 16.0. The first-order valence-electron chi connectivity index (χ1n) is 8.30. The van der Waals surface area contributed by atoms with Crippen molar-refractivity contribution in [1.29, 1.82) is 0 Å². The molecule has 124 valence electrons. The van der Waals surface area contributed by atoms with Crippen LogP contribution >= 0.6 is 0 Å². The van der Waals surface area contributed by atoms with Gasteiger partial charge in [-0.15, -0.1) is 0 Å². The first kappa shape index (κ1) is 14.9. The third-order valence-electron chi connectivity index (χ3n) is 5.38. The number of rotatable bonds is 1. The number of anilines is 1. The number of amides is 2. The zero-order valence-electron chi connectivity index (χ0n) is 13.0. The molecule has 3 heterocycles. The number of pyridine rings is 1. The molecule has 2 aliphatic heterocycles. The smallest absolute Gasteiger partial charge is 0.323 e. The molecule has 2 amide bonds. The van der Waals surface area contributed by atoms with Crippen molar-refractivity contribution in [3.8, 4) is 0 Å². The number of likely N-dealkylation sites (tertiary alicyclic amines) is 1. The van der Waals surface area contributed by atoms with Crippen molar-refractivity contribution in [2.24, 2.45) is 0 Å². The van der Waals surface area contributed by atoms with Crippen LogP contribution in [0.15, 0.2) is 12.3 Å². The Bertz CT molecular complexity index is 747. The molecule has 1 aromatic heterocycles. The number of nitrogens with zero attached hydrogens (tertiary/aromatic N) is 2. The first-order chi connectivity index (χ1) is 11.0. The summed E-state index contributed by atoms with van der Waals surface area (Å²) in [5.41, 5.74) is 2.52. The molecule has 0 spiro atoms. The Morgan fingerprint density at radius 1 is 1.17 bits per heavy atom. The summed E-state index contributed by atoms with van der Waals surface area (Å²) in [6.45, 7) is 0.798. The Morgan fingerprint density at radius 3 is 2.83 bits per heavy atom. The number of aryl methyl sites for hydroxylation is 2. The van der Waals surface area contributed by atoms with Crippen LogP contribution in [0.3, 0.4) is 0 Å². The minimum absolute atomic E-state index is 0.238. The maximum Gasteiger partial charge on any atom is 0.323 e. The lowest BCUT2D eigenvalue weighted by Gasteiger charge is -2.23. The maximum absolute atomic E-state index is 12.5. The lowest BCUT2D eigenvalue weighted by molar-refractivity contribution is 0.209.